The third-order valence-corrected chi connectivity index (χ3v) is 4.20. The quantitative estimate of drug-likeness (QED) is 0.621. The third kappa shape index (κ3) is 4.67. The van der Waals surface area contributed by atoms with E-state index in [0.717, 1.165) is 11.3 Å². The minimum Gasteiger partial charge on any atom is -0.489 e. The number of halogens is 2. The lowest BCUT2D eigenvalue weighted by Crippen LogP contribution is -2.12. The lowest BCUT2D eigenvalue weighted by atomic mass is 10.1. The Hall–Kier alpha value is -2.66. The van der Waals surface area contributed by atoms with Crippen LogP contribution in [0.3, 0.4) is 0 Å². The van der Waals surface area contributed by atoms with Crippen LogP contribution in [-0.4, -0.2) is 5.91 Å². The van der Waals surface area contributed by atoms with Crippen molar-refractivity contribution in [2.24, 2.45) is 0 Å². The largest absolute Gasteiger partial charge is 0.489 e. The molecule has 3 nitrogen and oxygen atoms in total. The Kier molecular flexibility index (Phi) is 5.46. The Balaban J connectivity index is 1.62. The molecule has 25 heavy (non-hydrogen) atoms. The summed E-state index contributed by atoms with van der Waals surface area (Å²) in [5.41, 5.74) is 1.99. The Morgan fingerprint density at radius 3 is 2.40 bits per heavy atom. The maximum atomic E-state index is 13.1. The predicted octanol–water partition coefficient (Wildman–Crippen LogP) is 5.42. The highest BCUT2D eigenvalue weighted by Crippen LogP contribution is 2.23. The maximum absolute atomic E-state index is 13.1. The first kappa shape index (κ1) is 17.2. The molecule has 3 aromatic carbocycles. The summed E-state index contributed by atoms with van der Waals surface area (Å²) in [5.74, 6) is 0.168. The van der Waals surface area contributed by atoms with Crippen molar-refractivity contribution in [3.8, 4) is 5.75 Å². The fourth-order valence-corrected chi connectivity index (χ4v) is 2.67. The molecule has 0 fully saturated rings. The van der Waals surface area contributed by atoms with Crippen LogP contribution in [0, 0.1) is 5.82 Å². The predicted molar refractivity (Wildman–Crippen MR) is 99.3 cm³/mol. The minimum absolute atomic E-state index is 0.261. The molecule has 0 saturated carbocycles. The summed E-state index contributed by atoms with van der Waals surface area (Å²) in [5, 5.41) is 2.75. The Morgan fingerprint density at radius 2 is 1.72 bits per heavy atom. The lowest BCUT2D eigenvalue weighted by Gasteiger charge is -2.09. The fraction of sp³-hybridized carbons (Fsp3) is 0.0500. The summed E-state index contributed by atoms with van der Waals surface area (Å²) in [6.07, 6.45) is 0. The van der Waals surface area contributed by atoms with Crippen LogP contribution in [-0.2, 0) is 6.61 Å². The summed E-state index contributed by atoms with van der Waals surface area (Å²) in [7, 11) is 0. The van der Waals surface area contributed by atoms with Gasteiger partial charge in [0.2, 0.25) is 0 Å². The van der Waals surface area contributed by atoms with Crippen molar-refractivity contribution >= 4 is 27.5 Å². The van der Waals surface area contributed by atoms with Crippen molar-refractivity contribution in [1.29, 1.82) is 0 Å². The highest BCUT2D eigenvalue weighted by molar-refractivity contribution is 9.10. The summed E-state index contributed by atoms with van der Waals surface area (Å²) < 4.78 is 19.3. The molecular weight excluding hydrogens is 385 g/mol. The van der Waals surface area contributed by atoms with Crippen LogP contribution < -0.4 is 10.1 Å². The third-order valence-electron chi connectivity index (χ3n) is 3.54. The van der Waals surface area contributed by atoms with Gasteiger partial charge in [0.1, 0.15) is 18.2 Å². The van der Waals surface area contributed by atoms with Crippen LogP contribution in [0.15, 0.2) is 77.3 Å². The van der Waals surface area contributed by atoms with E-state index in [-0.39, 0.29) is 11.7 Å². The molecule has 0 spiro atoms. The Bertz CT molecular complexity index is 867. The van der Waals surface area contributed by atoms with Gasteiger partial charge in [0.05, 0.1) is 5.69 Å². The zero-order chi connectivity index (χ0) is 17.6. The zero-order valence-corrected chi connectivity index (χ0v) is 14.8. The van der Waals surface area contributed by atoms with Gasteiger partial charge in [0, 0.05) is 10.0 Å². The van der Waals surface area contributed by atoms with Crippen molar-refractivity contribution < 1.29 is 13.9 Å². The van der Waals surface area contributed by atoms with Gasteiger partial charge in [-0.25, -0.2) is 4.39 Å². The molecule has 0 aromatic heterocycles. The molecule has 0 aliphatic heterocycles. The number of rotatable bonds is 5. The van der Waals surface area contributed by atoms with Crippen molar-refractivity contribution in [2.75, 3.05) is 5.32 Å². The van der Waals surface area contributed by atoms with E-state index in [1.165, 1.54) is 18.2 Å². The lowest BCUT2D eigenvalue weighted by molar-refractivity contribution is 0.102. The minimum atomic E-state index is -0.368. The molecule has 3 rings (SSSR count). The fourth-order valence-electron chi connectivity index (χ4n) is 2.22. The number of carbonyl (C=O) groups is 1. The monoisotopic (exact) mass is 399 g/mol. The highest BCUT2D eigenvalue weighted by atomic mass is 79.9. The van der Waals surface area contributed by atoms with E-state index in [1.807, 2.05) is 42.5 Å². The molecule has 0 aliphatic rings. The van der Waals surface area contributed by atoms with Gasteiger partial charge in [-0.1, -0.05) is 30.3 Å². The Labute approximate surface area is 153 Å². The van der Waals surface area contributed by atoms with Crippen LogP contribution in [0.5, 0.6) is 5.75 Å². The molecule has 5 heteroatoms. The molecular formula is C20H15BrFNO2. The van der Waals surface area contributed by atoms with Crippen molar-refractivity contribution in [1.82, 2.24) is 0 Å². The average molecular weight is 400 g/mol. The molecule has 0 saturated heterocycles. The van der Waals surface area contributed by atoms with Crippen molar-refractivity contribution in [3.63, 3.8) is 0 Å². The number of ether oxygens (including phenoxy) is 1. The molecule has 126 valence electrons. The van der Waals surface area contributed by atoms with Crippen LogP contribution >= 0.6 is 15.9 Å². The second kappa shape index (κ2) is 7.94. The van der Waals surface area contributed by atoms with E-state index in [9.17, 15) is 9.18 Å². The zero-order valence-electron chi connectivity index (χ0n) is 13.2. The van der Waals surface area contributed by atoms with Crippen molar-refractivity contribution in [2.45, 2.75) is 6.61 Å². The molecule has 0 unspecified atom stereocenters. The Morgan fingerprint density at radius 1 is 1.00 bits per heavy atom. The first-order valence-electron chi connectivity index (χ1n) is 7.65. The van der Waals surface area contributed by atoms with E-state index >= 15 is 0 Å². The summed E-state index contributed by atoms with van der Waals surface area (Å²) in [4.78, 5) is 12.3. The van der Waals surface area contributed by atoms with Gasteiger partial charge in [-0.15, -0.1) is 0 Å². The average Bonchev–Trinajstić information content (AvgIpc) is 2.63. The molecule has 1 N–H and O–H groups in total. The van der Waals surface area contributed by atoms with Crippen molar-refractivity contribution in [3.05, 3.63) is 94.2 Å². The number of amides is 1. The molecule has 0 aliphatic carbocycles. The number of carbonyl (C=O) groups excluding carboxylic acids is 1. The van der Waals surface area contributed by atoms with Gasteiger partial charge in [-0.05, 0) is 64.0 Å². The highest BCUT2D eigenvalue weighted by Gasteiger charge is 2.09. The van der Waals surface area contributed by atoms with Crippen LogP contribution in [0.4, 0.5) is 10.1 Å². The van der Waals surface area contributed by atoms with E-state index < -0.39 is 0 Å². The summed E-state index contributed by atoms with van der Waals surface area (Å²) in [6.45, 7) is 0.426. The first-order valence-corrected chi connectivity index (χ1v) is 8.44. The number of hydrogen-bond donors (Lipinski definition) is 1. The summed E-state index contributed by atoms with van der Waals surface area (Å²) in [6, 6.07) is 20.8. The van der Waals surface area contributed by atoms with Gasteiger partial charge in [-0.3, -0.25) is 4.79 Å². The van der Waals surface area contributed by atoms with Crippen LogP contribution in [0.25, 0.3) is 0 Å². The number of benzene rings is 3. The number of anilines is 1. The van der Waals surface area contributed by atoms with Gasteiger partial charge in [0.15, 0.2) is 0 Å². The van der Waals surface area contributed by atoms with E-state index in [0.29, 0.717) is 22.3 Å². The van der Waals surface area contributed by atoms with Crippen LogP contribution in [0.1, 0.15) is 15.9 Å². The van der Waals surface area contributed by atoms with E-state index in [2.05, 4.69) is 21.2 Å². The number of nitrogens with one attached hydrogen (secondary N) is 1. The molecule has 0 radical (unpaired) electrons. The van der Waals surface area contributed by atoms with Gasteiger partial charge < -0.3 is 10.1 Å². The molecule has 0 bridgehead atoms. The molecule has 0 heterocycles. The van der Waals surface area contributed by atoms with Gasteiger partial charge in [-0.2, -0.15) is 0 Å². The van der Waals surface area contributed by atoms with Crippen LogP contribution in [0.2, 0.25) is 0 Å². The summed E-state index contributed by atoms with van der Waals surface area (Å²) >= 11 is 3.23. The van der Waals surface area contributed by atoms with Gasteiger partial charge >= 0.3 is 0 Å². The standard InChI is InChI=1S/C20H15BrFNO2/c21-18-12-16(22)10-11-19(18)23-20(24)15-8-6-14(7-9-15)13-25-17-4-2-1-3-5-17/h1-12H,13H2,(H,23,24). The second-order valence-electron chi connectivity index (χ2n) is 5.38. The first-order chi connectivity index (χ1) is 12.1. The normalized spacial score (nSPS) is 10.3. The molecule has 1 amide bonds. The second-order valence-corrected chi connectivity index (χ2v) is 6.23. The SMILES string of the molecule is O=C(Nc1ccc(F)cc1Br)c1ccc(COc2ccccc2)cc1. The smallest absolute Gasteiger partial charge is 0.255 e. The maximum Gasteiger partial charge on any atom is 0.255 e. The van der Waals surface area contributed by atoms with E-state index in [4.69, 9.17) is 4.74 Å². The topological polar surface area (TPSA) is 38.3 Å². The number of hydrogen-bond acceptors (Lipinski definition) is 2. The van der Waals surface area contributed by atoms with Gasteiger partial charge in [0.25, 0.3) is 5.91 Å². The van der Waals surface area contributed by atoms with E-state index in [1.54, 1.807) is 12.1 Å². The number of para-hydroxylation sites is 1. The molecule has 0 atom stereocenters. The molecule has 3 aromatic rings.